The second-order valence-corrected chi connectivity index (χ2v) is 35.1. The number of fused-ring (bicyclic) bond motifs is 6. The summed E-state index contributed by atoms with van der Waals surface area (Å²) in [5.41, 5.74) is 13.4. The Morgan fingerprint density at radius 3 is 1.01 bits per heavy atom. The number of halogens is 2. The molecule has 0 aliphatic heterocycles. The number of hydrogen-bond donors (Lipinski definition) is 2. The van der Waals surface area contributed by atoms with Crippen LogP contribution in [-0.2, 0) is 38.9 Å². The van der Waals surface area contributed by atoms with Gasteiger partial charge in [0.05, 0.1) is 46.7 Å². The number of aromatic hydroxyl groups is 2. The van der Waals surface area contributed by atoms with Gasteiger partial charge in [0.25, 0.3) is 0 Å². The Morgan fingerprint density at radius 2 is 0.691 bits per heavy atom. The molecular weight excluding hydrogens is 1160 g/mol. The number of nitrogens with zero attached hydrogens (tertiary/aromatic N) is 2. The van der Waals surface area contributed by atoms with Crippen LogP contribution in [0, 0.1) is 29.4 Å². The fraction of sp³-hybridized carbons (Fsp3) is 0.442. The van der Waals surface area contributed by atoms with Gasteiger partial charge in [-0.1, -0.05) is 208 Å². The Kier molecular flexibility index (Phi) is 17.9. The van der Waals surface area contributed by atoms with Gasteiger partial charge < -0.3 is 28.8 Å². The summed E-state index contributed by atoms with van der Waals surface area (Å²) in [6, 6.07) is 41.2. The number of aromatic nitrogens is 2. The molecule has 0 saturated heterocycles. The lowest BCUT2D eigenvalue weighted by Crippen LogP contribution is -2.25. The van der Waals surface area contributed by atoms with E-state index in [4.69, 9.17) is 9.47 Å². The normalized spacial score (nSPS) is 13.3. The molecule has 2 N–H and O–H groups in total. The summed E-state index contributed by atoms with van der Waals surface area (Å²) in [6.45, 7) is 53.4. The predicted octanol–water partition coefficient (Wildman–Crippen LogP) is 24.2. The molecule has 0 atom stereocenters. The first-order valence-electron chi connectivity index (χ1n) is 34.2. The molecule has 0 spiro atoms. The summed E-state index contributed by atoms with van der Waals surface area (Å²) in [5, 5.41) is 30.9. The second kappa shape index (κ2) is 24.3. The van der Waals surface area contributed by atoms with Gasteiger partial charge >= 0.3 is 0 Å². The van der Waals surface area contributed by atoms with Crippen LogP contribution in [0.3, 0.4) is 0 Å². The number of rotatable bonds is 15. The van der Waals surface area contributed by atoms with Crippen LogP contribution in [0.5, 0.6) is 23.0 Å². The first-order valence-corrected chi connectivity index (χ1v) is 34.2. The molecular formula is C86H106F2N2O4. The average Bonchev–Trinajstić information content (AvgIpc) is 1.54. The molecule has 0 unspecified atom stereocenters. The van der Waals surface area contributed by atoms with Crippen molar-refractivity contribution in [3.8, 4) is 56.6 Å². The van der Waals surface area contributed by atoms with E-state index < -0.39 is 22.5 Å². The zero-order chi connectivity index (χ0) is 69.1. The van der Waals surface area contributed by atoms with Gasteiger partial charge in [-0.25, -0.2) is 8.78 Å². The number of benzene rings is 8. The number of phenols is 2. The molecule has 94 heavy (non-hydrogen) atoms. The van der Waals surface area contributed by atoms with Crippen LogP contribution in [0.25, 0.3) is 77.2 Å². The SMILES string of the molecule is CCc1cc(F)cc(-c2cc(C(C)(C)CC(C)(C)C)cc(-n3c4cc(C(C)(C)C)ccc4c4ccc(C(C)(C)C)cc43)c2O)c1OCCCOc1c(C)cc(F)cc1-c1cc(C(C)(C)CC(C)(C)C)cc(-n2c3cc(C(C)(C)C)ccc3c3ccc(C(C)(C)C)cc32)c1O. The Morgan fingerprint density at radius 1 is 0.372 bits per heavy atom. The van der Waals surface area contributed by atoms with Crippen molar-refractivity contribution in [2.24, 2.45) is 10.8 Å². The zero-order valence-electron chi connectivity index (χ0n) is 61.2. The van der Waals surface area contributed by atoms with Gasteiger partial charge in [0.1, 0.15) is 34.6 Å². The summed E-state index contributed by atoms with van der Waals surface area (Å²) in [7, 11) is 0. The molecule has 10 rings (SSSR count). The van der Waals surface area contributed by atoms with E-state index in [1.165, 1.54) is 46.5 Å². The van der Waals surface area contributed by atoms with Gasteiger partial charge in [0, 0.05) is 50.2 Å². The van der Waals surface area contributed by atoms with E-state index in [0.717, 1.165) is 67.6 Å². The zero-order valence-corrected chi connectivity index (χ0v) is 61.2. The number of aryl methyl sites for hydroxylation is 2. The largest absolute Gasteiger partial charge is 0.505 e. The minimum atomic E-state index is -0.444. The molecule has 0 radical (unpaired) electrons. The fourth-order valence-electron chi connectivity index (χ4n) is 14.9. The van der Waals surface area contributed by atoms with Crippen molar-refractivity contribution >= 4 is 43.6 Å². The van der Waals surface area contributed by atoms with Crippen LogP contribution in [-0.4, -0.2) is 32.6 Å². The maximum absolute atomic E-state index is 16.5. The molecule has 8 heteroatoms. The van der Waals surface area contributed by atoms with Crippen molar-refractivity contribution in [1.29, 1.82) is 0 Å². The van der Waals surface area contributed by atoms with E-state index in [-0.39, 0.29) is 57.2 Å². The molecule has 498 valence electrons. The van der Waals surface area contributed by atoms with Crippen molar-refractivity contribution in [2.45, 2.75) is 224 Å². The van der Waals surface area contributed by atoms with Crippen LogP contribution in [0.1, 0.15) is 223 Å². The summed E-state index contributed by atoms with van der Waals surface area (Å²) in [4.78, 5) is 0. The van der Waals surface area contributed by atoms with Crippen LogP contribution in [0.4, 0.5) is 8.78 Å². The van der Waals surface area contributed by atoms with Gasteiger partial charge in [0.15, 0.2) is 0 Å². The maximum Gasteiger partial charge on any atom is 0.147 e. The van der Waals surface area contributed by atoms with Crippen molar-refractivity contribution in [3.05, 3.63) is 177 Å². The lowest BCUT2D eigenvalue weighted by atomic mass is 9.71. The third-order valence-corrected chi connectivity index (χ3v) is 19.3. The maximum atomic E-state index is 16.5. The highest BCUT2D eigenvalue weighted by Gasteiger charge is 2.35. The highest BCUT2D eigenvalue weighted by Crippen LogP contribution is 2.51. The van der Waals surface area contributed by atoms with E-state index in [9.17, 15) is 10.2 Å². The number of phenolic OH excluding ortho intramolecular Hbond substituents is 2. The van der Waals surface area contributed by atoms with Gasteiger partial charge in [-0.05, 0) is 187 Å². The fourth-order valence-corrected chi connectivity index (χ4v) is 14.9. The smallest absolute Gasteiger partial charge is 0.147 e. The molecule has 0 saturated carbocycles. The number of hydrogen-bond acceptors (Lipinski definition) is 4. The van der Waals surface area contributed by atoms with E-state index in [0.29, 0.717) is 69.1 Å². The van der Waals surface area contributed by atoms with E-state index >= 15 is 8.78 Å². The van der Waals surface area contributed by atoms with Gasteiger partial charge in [-0.2, -0.15) is 0 Å². The molecule has 0 aliphatic rings. The van der Waals surface area contributed by atoms with E-state index in [2.05, 4.69) is 252 Å². The lowest BCUT2D eigenvalue weighted by Gasteiger charge is -2.34. The van der Waals surface area contributed by atoms with Gasteiger partial charge in [0.2, 0.25) is 0 Å². The highest BCUT2D eigenvalue weighted by molar-refractivity contribution is 6.11. The van der Waals surface area contributed by atoms with Crippen molar-refractivity contribution < 1.29 is 28.5 Å². The van der Waals surface area contributed by atoms with Crippen LogP contribution in [0.2, 0.25) is 0 Å². The van der Waals surface area contributed by atoms with Crippen molar-refractivity contribution in [1.82, 2.24) is 9.13 Å². The van der Waals surface area contributed by atoms with Crippen LogP contribution in [0.15, 0.2) is 121 Å². The first kappa shape index (κ1) is 69.3. The lowest BCUT2D eigenvalue weighted by molar-refractivity contribution is 0.246. The third-order valence-electron chi connectivity index (χ3n) is 19.3. The molecule has 6 nitrogen and oxygen atoms in total. The Balaban J connectivity index is 1.08. The summed E-state index contributed by atoms with van der Waals surface area (Å²) in [6.07, 6.45) is 2.53. The van der Waals surface area contributed by atoms with Gasteiger partial charge in [-0.15, -0.1) is 0 Å². The summed E-state index contributed by atoms with van der Waals surface area (Å²) >= 11 is 0. The molecule has 8 aromatic carbocycles. The molecule has 0 aliphatic carbocycles. The first-order chi connectivity index (χ1) is 43.4. The van der Waals surface area contributed by atoms with Gasteiger partial charge in [-0.3, -0.25) is 0 Å². The Labute approximate surface area is 560 Å². The topological polar surface area (TPSA) is 68.8 Å². The minimum Gasteiger partial charge on any atom is -0.505 e. The van der Waals surface area contributed by atoms with E-state index in [1.54, 1.807) is 0 Å². The monoisotopic (exact) mass is 1270 g/mol. The van der Waals surface area contributed by atoms with Crippen LogP contribution < -0.4 is 9.47 Å². The van der Waals surface area contributed by atoms with Crippen LogP contribution >= 0.6 is 0 Å². The molecule has 2 heterocycles. The summed E-state index contributed by atoms with van der Waals surface area (Å²) in [5.74, 6) is 0.118. The Hall–Kier alpha value is -7.58. The summed E-state index contributed by atoms with van der Waals surface area (Å²) < 4.78 is 51.1. The molecule has 10 aromatic rings. The molecule has 0 amide bonds. The predicted molar refractivity (Wildman–Crippen MR) is 394 cm³/mol. The highest BCUT2D eigenvalue weighted by atomic mass is 19.1. The van der Waals surface area contributed by atoms with E-state index in [1.807, 2.05) is 19.9 Å². The quantitative estimate of drug-likeness (QED) is 0.100. The molecule has 0 bridgehead atoms. The molecule has 2 aromatic heterocycles. The second-order valence-electron chi connectivity index (χ2n) is 35.1. The standard InChI is InChI=1S/C86H106F2N2O4/c1-25-52-38-60(88)48-68(66-40-58(86(23,24)50-80(6,7)8)46-74(76(66)92)90-71-43-55(83(15,16)17)29-33-63(71)64-34-30-56(44-72(64)90)84(18,19)20)78(52)94-36-26-35-93-77-51(2)37-59(87)47-67(77)65-39-57(85(21,22)49-79(3,4)5)45-73(75(65)91)89-69-41-53(81(9,10)11)27-31-61(69)62-32-28-54(42-70(62)89)82(12,13)14/h27-34,37-48,91-92H,25-26,35-36,49-50H2,1-24H3. The van der Waals surface area contributed by atoms with Crippen molar-refractivity contribution in [3.63, 3.8) is 0 Å². The van der Waals surface area contributed by atoms with Crippen molar-refractivity contribution in [2.75, 3.05) is 13.2 Å². The third kappa shape index (κ3) is 13.8. The Bertz CT molecular complexity index is 4420. The molecule has 0 fully saturated rings. The average molecular weight is 1270 g/mol. The minimum absolute atomic E-state index is 0.0188. The number of ether oxygens (including phenoxy) is 2.